The maximum Gasteiger partial charge on any atom is 0.494 e. The number of carboxylic acid groups (broad SMARTS) is 1. The number of benzene rings is 1. The van der Waals surface area contributed by atoms with Gasteiger partial charge in [0.15, 0.2) is 5.82 Å². The minimum Gasteiger partial charge on any atom is -0.465 e. The fourth-order valence-corrected chi connectivity index (χ4v) is 3.31. The first-order valence-corrected chi connectivity index (χ1v) is 9.39. The molecule has 8 nitrogen and oxygen atoms in total. The van der Waals surface area contributed by atoms with Crippen LogP contribution >= 0.6 is 0 Å². The van der Waals surface area contributed by atoms with Gasteiger partial charge in [-0.05, 0) is 64.3 Å². The van der Waals surface area contributed by atoms with E-state index >= 15 is 0 Å². The normalized spacial score (nSPS) is 17.6. The van der Waals surface area contributed by atoms with Gasteiger partial charge in [-0.3, -0.25) is 5.32 Å². The van der Waals surface area contributed by atoms with Crippen molar-refractivity contribution >= 4 is 35.3 Å². The van der Waals surface area contributed by atoms with E-state index in [-0.39, 0.29) is 0 Å². The van der Waals surface area contributed by atoms with Crippen LogP contribution in [0.3, 0.4) is 0 Å². The molecule has 0 aliphatic carbocycles. The molecule has 1 aliphatic heterocycles. The van der Waals surface area contributed by atoms with Crippen molar-refractivity contribution in [3.8, 4) is 5.82 Å². The Morgan fingerprint density at radius 1 is 1.17 bits per heavy atom. The molecule has 0 spiro atoms. The van der Waals surface area contributed by atoms with Crippen LogP contribution in [-0.4, -0.2) is 44.3 Å². The number of hydrogen-bond donors (Lipinski definition) is 2. The summed E-state index contributed by atoms with van der Waals surface area (Å²) >= 11 is 0. The third-order valence-corrected chi connectivity index (χ3v) is 5.57. The SMILES string of the molecule is Cc1cccc(-n2ncc3c(NC(=O)O)cc(B4OC(C)(C)C(C)(C)O4)cc32)n1. The van der Waals surface area contributed by atoms with Gasteiger partial charge >= 0.3 is 13.2 Å². The lowest BCUT2D eigenvalue weighted by Crippen LogP contribution is -2.41. The average Bonchev–Trinajstić information content (AvgIpc) is 3.13. The fourth-order valence-electron chi connectivity index (χ4n) is 3.31. The van der Waals surface area contributed by atoms with Crippen LogP contribution in [0.15, 0.2) is 36.5 Å². The molecule has 0 radical (unpaired) electrons. The number of hydrogen-bond acceptors (Lipinski definition) is 5. The number of aryl methyl sites for hydroxylation is 1. The van der Waals surface area contributed by atoms with E-state index in [4.69, 9.17) is 9.31 Å². The quantitative estimate of drug-likeness (QED) is 0.663. The Kier molecular flexibility index (Phi) is 4.40. The molecule has 2 N–H and O–H groups in total. The second-order valence-corrected chi connectivity index (χ2v) is 8.21. The smallest absolute Gasteiger partial charge is 0.465 e. The summed E-state index contributed by atoms with van der Waals surface area (Å²) in [6.07, 6.45) is 0.470. The molecule has 0 atom stereocenters. The van der Waals surface area contributed by atoms with Crippen LogP contribution in [0.4, 0.5) is 10.5 Å². The predicted octanol–water partition coefficient (Wildman–Crippen LogP) is 3.12. The van der Waals surface area contributed by atoms with Crippen LogP contribution < -0.4 is 10.8 Å². The molecule has 0 bridgehead atoms. The average molecular weight is 394 g/mol. The molecule has 0 unspecified atom stereocenters. The zero-order valence-electron chi connectivity index (χ0n) is 17.1. The molecule has 1 aliphatic rings. The van der Waals surface area contributed by atoms with Gasteiger partial charge in [0, 0.05) is 11.1 Å². The third kappa shape index (κ3) is 3.36. The van der Waals surface area contributed by atoms with Crippen LogP contribution in [0, 0.1) is 6.92 Å². The Morgan fingerprint density at radius 3 is 2.48 bits per heavy atom. The van der Waals surface area contributed by atoms with Crippen molar-refractivity contribution in [1.82, 2.24) is 14.8 Å². The van der Waals surface area contributed by atoms with Gasteiger partial charge in [-0.15, -0.1) is 0 Å². The lowest BCUT2D eigenvalue weighted by atomic mass is 9.78. The van der Waals surface area contributed by atoms with Crippen LogP contribution in [-0.2, 0) is 9.31 Å². The minimum absolute atomic E-state index is 0.415. The number of aromatic nitrogens is 3. The van der Waals surface area contributed by atoms with Crippen molar-refractivity contribution in [2.45, 2.75) is 45.8 Å². The number of nitrogens with one attached hydrogen (secondary N) is 1. The van der Waals surface area contributed by atoms with E-state index in [1.165, 1.54) is 0 Å². The first-order chi connectivity index (χ1) is 13.6. The summed E-state index contributed by atoms with van der Waals surface area (Å²) in [7, 11) is -0.632. The molecule has 29 heavy (non-hydrogen) atoms. The van der Waals surface area contributed by atoms with Gasteiger partial charge in [0.1, 0.15) is 0 Å². The lowest BCUT2D eigenvalue weighted by molar-refractivity contribution is 0.00578. The van der Waals surface area contributed by atoms with Crippen molar-refractivity contribution in [3.63, 3.8) is 0 Å². The van der Waals surface area contributed by atoms with Gasteiger partial charge in [-0.2, -0.15) is 5.10 Å². The first-order valence-electron chi connectivity index (χ1n) is 9.39. The van der Waals surface area contributed by atoms with E-state index in [9.17, 15) is 9.90 Å². The Hall–Kier alpha value is -2.91. The standard InChI is InChI=1S/C20H23BN4O4/c1-12-7-6-8-17(23-12)25-16-10-13(21-28-19(2,3)20(4,5)29-21)9-15(24-18(26)27)14(16)11-22-25/h6-11,24H,1-5H3,(H,26,27). The van der Waals surface area contributed by atoms with E-state index in [2.05, 4.69) is 15.4 Å². The van der Waals surface area contributed by atoms with Crippen LogP contribution in [0.2, 0.25) is 0 Å². The number of amides is 1. The molecule has 1 aromatic carbocycles. The minimum atomic E-state index is -1.15. The molecule has 1 fully saturated rings. The maximum atomic E-state index is 11.4. The molecule has 1 saturated heterocycles. The van der Waals surface area contributed by atoms with Crippen molar-refractivity contribution in [2.75, 3.05) is 5.32 Å². The van der Waals surface area contributed by atoms with E-state index in [1.54, 1.807) is 16.9 Å². The van der Waals surface area contributed by atoms with Gasteiger partial charge in [0.2, 0.25) is 0 Å². The summed E-state index contributed by atoms with van der Waals surface area (Å²) in [5.74, 6) is 0.646. The lowest BCUT2D eigenvalue weighted by Gasteiger charge is -2.32. The van der Waals surface area contributed by atoms with Gasteiger partial charge in [-0.1, -0.05) is 6.07 Å². The summed E-state index contributed by atoms with van der Waals surface area (Å²) in [4.78, 5) is 15.9. The number of rotatable bonds is 3. The maximum absolute atomic E-state index is 11.4. The number of pyridine rings is 1. The zero-order valence-corrected chi connectivity index (χ0v) is 17.1. The van der Waals surface area contributed by atoms with Crippen LogP contribution in [0.25, 0.3) is 16.7 Å². The molecule has 3 aromatic rings. The summed E-state index contributed by atoms with van der Waals surface area (Å²) in [6, 6.07) is 9.29. The number of anilines is 1. The largest absolute Gasteiger partial charge is 0.494 e. The molecule has 150 valence electrons. The van der Waals surface area contributed by atoms with E-state index in [1.807, 2.05) is 58.9 Å². The zero-order chi connectivity index (χ0) is 21.0. The topological polar surface area (TPSA) is 98.5 Å². The molecular weight excluding hydrogens is 371 g/mol. The Balaban J connectivity index is 1.88. The van der Waals surface area contributed by atoms with Crippen LogP contribution in [0.5, 0.6) is 0 Å². The summed E-state index contributed by atoms with van der Waals surface area (Å²) in [5.41, 5.74) is 1.67. The van der Waals surface area contributed by atoms with Crippen molar-refractivity contribution in [1.29, 1.82) is 0 Å². The van der Waals surface area contributed by atoms with Crippen molar-refractivity contribution in [3.05, 3.63) is 42.2 Å². The van der Waals surface area contributed by atoms with Crippen molar-refractivity contribution < 1.29 is 19.2 Å². The summed E-state index contributed by atoms with van der Waals surface area (Å²) in [6.45, 7) is 9.81. The van der Waals surface area contributed by atoms with E-state index in [0.717, 1.165) is 5.69 Å². The van der Waals surface area contributed by atoms with E-state index in [0.29, 0.717) is 27.9 Å². The Bertz CT molecular complexity index is 1090. The molecule has 9 heteroatoms. The second-order valence-electron chi connectivity index (χ2n) is 8.21. The first kappa shape index (κ1) is 19.4. The highest BCUT2D eigenvalue weighted by atomic mass is 16.7. The summed E-state index contributed by atoms with van der Waals surface area (Å²) in [5, 5.41) is 16.9. The summed E-state index contributed by atoms with van der Waals surface area (Å²) < 4.78 is 14.0. The van der Waals surface area contributed by atoms with E-state index < -0.39 is 24.4 Å². The Morgan fingerprint density at radius 2 is 1.86 bits per heavy atom. The number of fused-ring (bicyclic) bond motifs is 1. The molecular formula is C20H23BN4O4. The van der Waals surface area contributed by atoms with Gasteiger partial charge in [0.05, 0.1) is 28.6 Å². The fraction of sp³-hybridized carbons (Fsp3) is 0.350. The monoisotopic (exact) mass is 394 g/mol. The highest BCUT2D eigenvalue weighted by molar-refractivity contribution is 6.62. The number of carbonyl (C=O) groups is 1. The number of nitrogens with zero attached hydrogens (tertiary/aromatic N) is 3. The third-order valence-electron chi connectivity index (χ3n) is 5.57. The molecule has 4 rings (SSSR count). The van der Waals surface area contributed by atoms with Crippen LogP contribution in [0.1, 0.15) is 33.4 Å². The highest BCUT2D eigenvalue weighted by Crippen LogP contribution is 2.37. The van der Waals surface area contributed by atoms with Gasteiger partial charge < -0.3 is 14.4 Å². The highest BCUT2D eigenvalue weighted by Gasteiger charge is 2.51. The van der Waals surface area contributed by atoms with Crippen molar-refractivity contribution in [2.24, 2.45) is 0 Å². The predicted molar refractivity (Wildman–Crippen MR) is 111 cm³/mol. The van der Waals surface area contributed by atoms with Gasteiger partial charge in [-0.25, -0.2) is 14.5 Å². The molecule has 3 heterocycles. The Labute approximate surface area is 169 Å². The molecule has 1 amide bonds. The second kappa shape index (κ2) is 6.57. The molecule has 2 aromatic heterocycles. The molecule has 0 saturated carbocycles. The van der Waals surface area contributed by atoms with Gasteiger partial charge in [0.25, 0.3) is 0 Å².